The van der Waals surface area contributed by atoms with Crippen molar-refractivity contribution in [2.75, 3.05) is 13.1 Å². The third kappa shape index (κ3) is 5.35. The highest BCUT2D eigenvalue weighted by atomic mass is 79.9. The molecule has 4 heteroatoms. The molecule has 0 bridgehead atoms. The number of aromatic nitrogens is 1. The van der Waals surface area contributed by atoms with Gasteiger partial charge in [0, 0.05) is 48.6 Å². The zero-order valence-corrected chi connectivity index (χ0v) is 15.1. The van der Waals surface area contributed by atoms with E-state index in [1.165, 1.54) is 24.8 Å². The quantitative estimate of drug-likeness (QED) is 0.842. The molecule has 118 valence electrons. The molecule has 3 nitrogen and oxygen atoms in total. The monoisotopic (exact) mass is 353 g/mol. The molecule has 0 amide bonds. The van der Waals surface area contributed by atoms with Gasteiger partial charge < -0.3 is 5.32 Å². The molecule has 0 aliphatic carbocycles. The van der Waals surface area contributed by atoms with Crippen molar-refractivity contribution in [3.8, 4) is 0 Å². The van der Waals surface area contributed by atoms with E-state index in [0.717, 1.165) is 30.0 Å². The third-order valence-corrected chi connectivity index (χ3v) is 4.57. The molecule has 1 aliphatic rings. The topological polar surface area (TPSA) is 28.2 Å². The Morgan fingerprint density at radius 1 is 1.43 bits per heavy atom. The number of nitrogens with zero attached hydrogens (tertiary/aromatic N) is 2. The standard InChI is InChI=1S/C17H28BrN3/c1-4-5-17-10-20-16(6-13(2)3)12-21(17)11-14-7-15(18)9-19-8-14/h7-9,13,16-17,20H,4-6,10-12H2,1-3H3. The highest BCUT2D eigenvalue weighted by Crippen LogP contribution is 2.20. The molecule has 2 atom stereocenters. The molecular weight excluding hydrogens is 326 g/mol. The summed E-state index contributed by atoms with van der Waals surface area (Å²) in [4.78, 5) is 6.95. The third-order valence-electron chi connectivity index (χ3n) is 4.14. The second kappa shape index (κ2) is 8.25. The summed E-state index contributed by atoms with van der Waals surface area (Å²) >= 11 is 3.52. The highest BCUT2D eigenvalue weighted by Gasteiger charge is 2.27. The van der Waals surface area contributed by atoms with Crippen LogP contribution < -0.4 is 5.32 Å². The number of pyridine rings is 1. The smallest absolute Gasteiger partial charge is 0.0410 e. The summed E-state index contributed by atoms with van der Waals surface area (Å²) in [6.45, 7) is 10.2. The van der Waals surface area contributed by atoms with E-state index < -0.39 is 0 Å². The van der Waals surface area contributed by atoms with Crippen LogP contribution in [0.1, 0.15) is 45.6 Å². The fourth-order valence-electron chi connectivity index (χ4n) is 3.24. The first kappa shape index (κ1) is 16.9. The second-order valence-electron chi connectivity index (χ2n) is 6.62. The Labute approximate surface area is 137 Å². The molecule has 1 N–H and O–H groups in total. The fraction of sp³-hybridized carbons (Fsp3) is 0.706. The van der Waals surface area contributed by atoms with E-state index in [0.29, 0.717) is 12.1 Å². The molecule has 1 aromatic heterocycles. The number of nitrogens with one attached hydrogen (secondary N) is 1. The molecule has 2 rings (SSSR count). The van der Waals surface area contributed by atoms with Crippen molar-refractivity contribution >= 4 is 15.9 Å². The van der Waals surface area contributed by atoms with Gasteiger partial charge >= 0.3 is 0 Å². The number of halogens is 1. The van der Waals surface area contributed by atoms with Gasteiger partial charge in [0.1, 0.15) is 0 Å². The average Bonchev–Trinajstić information content (AvgIpc) is 2.41. The molecule has 1 fully saturated rings. The van der Waals surface area contributed by atoms with Crippen molar-refractivity contribution < 1.29 is 0 Å². The van der Waals surface area contributed by atoms with Crippen molar-refractivity contribution in [1.82, 2.24) is 15.2 Å². The Kier molecular flexibility index (Phi) is 6.65. The summed E-state index contributed by atoms with van der Waals surface area (Å²) in [5, 5.41) is 3.75. The Bertz CT molecular complexity index is 436. The summed E-state index contributed by atoms with van der Waals surface area (Å²) in [6, 6.07) is 3.46. The van der Waals surface area contributed by atoms with Crippen LogP contribution in [-0.4, -0.2) is 35.1 Å². The summed E-state index contributed by atoms with van der Waals surface area (Å²) < 4.78 is 1.07. The van der Waals surface area contributed by atoms with E-state index in [-0.39, 0.29) is 0 Å². The molecule has 21 heavy (non-hydrogen) atoms. The maximum Gasteiger partial charge on any atom is 0.0410 e. The van der Waals surface area contributed by atoms with Gasteiger partial charge in [0.2, 0.25) is 0 Å². The summed E-state index contributed by atoms with van der Waals surface area (Å²) in [6.07, 6.45) is 7.61. The molecule has 0 saturated carbocycles. The summed E-state index contributed by atoms with van der Waals surface area (Å²) in [5.41, 5.74) is 1.30. The van der Waals surface area contributed by atoms with Gasteiger partial charge in [-0.3, -0.25) is 9.88 Å². The van der Waals surface area contributed by atoms with Crippen LogP contribution in [0.15, 0.2) is 22.9 Å². The number of hydrogen-bond donors (Lipinski definition) is 1. The molecule has 0 spiro atoms. The molecule has 1 aromatic rings. The second-order valence-corrected chi connectivity index (χ2v) is 7.53. The zero-order valence-electron chi connectivity index (χ0n) is 13.5. The van der Waals surface area contributed by atoms with Gasteiger partial charge in [0.05, 0.1) is 0 Å². The van der Waals surface area contributed by atoms with Crippen LogP contribution in [0.4, 0.5) is 0 Å². The first-order valence-electron chi connectivity index (χ1n) is 8.15. The SMILES string of the molecule is CCCC1CNC(CC(C)C)CN1Cc1cncc(Br)c1. The van der Waals surface area contributed by atoms with E-state index in [1.54, 1.807) is 0 Å². The van der Waals surface area contributed by atoms with Crippen molar-refractivity contribution in [1.29, 1.82) is 0 Å². The van der Waals surface area contributed by atoms with Crippen LogP contribution in [0.3, 0.4) is 0 Å². The van der Waals surface area contributed by atoms with Gasteiger partial charge in [-0.1, -0.05) is 27.2 Å². The van der Waals surface area contributed by atoms with Gasteiger partial charge in [-0.2, -0.15) is 0 Å². The van der Waals surface area contributed by atoms with Crippen LogP contribution >= 0.6 is 15.9 Å². The van der Waals surface area contributed by atoms with Gasteiger partial charge in [-0.25, -0.2) is 0 Å². The van der Waals surface area contributed by atoms with E-state index in [9.17, 15) is 0 Å². The Morgan fingerprint density at radius 2 is 2.24 bits per heavy atom. The molecule has 0 aromatic carbocycles. The van der Waals surface area contributed by atoms with E-state index in [4.69, 9.17) is 0 Å². The predicted molar refractivity (Wildman–Crippen MR) is 92.3 cm³/mol. The lowest BCUT2D eigenvalue weighted by Gasteiger charge is -2.41. The van der Waals surface area contributed by atoms with Gasteiger partial charge in [0.15, 0.2) is 0 Å². The van der Waals surface area contributed by atoms with Gasteiger partial charge in [-0.15, -0.1) is 0 Å². The first-order chi connectivity index (χ1) is 10.1. The van der Waals surface area contributed by atoms with E-state index in [1.807, 2.05) is 12.4 Å². The summed E-state index contributed by atoms with van der Waals surface area (Å²) in [7, 11) is 0. The lowest BCUT2D eigenvalue weighted by atomic mass is 9.98. The summed E-state index contributed by atoms with van der Waals surface area (Å²) in [5.74, 6) is 0.750. The zero-order chi connectivity index (χ0) is 15.2. The van der Waals surface area contributed by atoms with Crippen LogP contribution in [-0.2, 0) is 6.54 Å². The molecule has 0 radical (unpaired) electrons. The lowest BCUT2D eigenvalue weighted by Crippen LogP contribution is -2.56. The van der Waals surface area contributed by atoms with Crippen molar-refractivity contribution in [3.05, 3.63) is 28.5 Å². The van der Waals surface area contributed by atoms with Gasteiger partial charge in [0.25, 0.3) is 0 Å². The Balaban J connectivity index is 2.02. The van der Waals surface area contributed by atoms with Crippen molar-refractivity contribution in [3.63, 3.8) is 0 Å². The number of piperazine rings is 1. The molecule has 1 saturated heterocycles. The minimum atomic E-state index is 0.623. The van der Waals surface area contributed by atoms with Crippen LogP contribution in [0.2, 0.25) is 0 Å². The van der Waals surface area contributed by atoms with Gasteiger partial charge in [-0.05, 0) is 46.3 Å². The average molecular weight is 354 g/mol. The molecule has 2 heterocycles. The Hall–Kier alpha value is -0.450. The lowest BCUT2D eigenvalue weighted by molar-refractivity contribution is 0.107. The minimum absolute atomic E-state index is 0.623. The molecule has 2 unspecified atom stereocenters. The van der Waals surface area contributed by atoms with Crippen LogP contribution in [0, 0.1) is 5.92 Å². The van der Waals surface area contributed by atoms with Crippen LogP contribution in [0.25, 0.3) is 0 Å². The fourth-order valence-corrected chi connectivity index (χ4v) is 3.66. The number of hydrogen-bond acceptors (Lipinski definition) is 3. The minimum Gasteiger partial charge on any atom is -0.311 e. The maximum atomic E-state index is 4.30. The van der Waals surface area contributed by atoms with E-state index >= 15 is 0 Å². The first-order valence-corrected chi connectivity index (χ1v) is 8.94. The van der Waals surface area contributed by atoms with Crippen molar-refractivity contribution in [2.45, 2.75) is 58.7 Å². The molecule has 1 aliphatic heterocycles. The number of rotatable bonds is 6. The normalized spacial score (nSPS) is 23.7. The Morgan fingerprint density at radius 3 is 2.90 bits per heavy atom. The highest BCUT2D eigenvalue weighted by molar-refractivity contribution is 9.10. The van der Waals surface area contributed by atoms with Crippen molar-refractivity contribution in [2.24, 2.45) is 5.92 Å². The van der Waals surface area contributed by atoms with E-state index in [2.05, 4.69) is 58.0 Å². The predicted octanol–water partition coefficient (Wildman–Crippen LogP) is 3.83. The van der Waals surface area contributed by atoms with Crippen LogP contribution in [0.5, 0.6) is 0 Å². The largest absolute Gasteiger partial charge is 0.311 e. The molecular formula is C17H28BrN3. The maximum absolute atomic E-state index is 4.30.